The van der Waals surface area contributed by atoms with Crippen molar-refractivity contribution in [2.75, 3.05) is 26.2 Å². The third-order valence-electron chi connectivity index (χ3n) is 3.57. The Kier molecular flexibility index (Phi) is 4.59. The van der Waals surface area contributed by atoms with Gasteiger partial charge in [-0.05, 0) is 13.3 Å². The smallest absolute Gasteiger partial charge is 0.325 e. The van der Waals surface area contributed by atoms with Crippen LogP contribution in [0.3, 0.4) is 0 Å². The molecule has 112 valence electrons. The molecule has 2 rings (SSSR count). The van der Waals surface area contributed by atoms with Crippen molar-refractivity contribution >= 4 is 17.8 Å². The van der Waals surface area contributed by atoms with E-state index in [2.05, 4.69) is 5.32 Å². The molecule has 20 heavy (non-hydrogen) atoms. The van der Waals surface area contributed by atoms with Crippen LogP contribution in [0.2, 0.25) is 0 Å². The van der Waals surface area contributed by atoms with Crippen LogP contribution in [0.4, 0.5) is 4.79 Å². The summed E-state index contributed by atoms with van der Waals surface area (Å²) in [6.45, 7) is 5.15. The highest BCUT2D eigenvalue weighted by Gasteiger charge is 2.39. The van der Waals surface area contributed by atoms with E-state index in [0.29, 0.717) is 26.1 Å². The topological polar surface area (TPSA) is 79.0 Å². The van der Waals surface area contributed by atoms with Gasteiger partial charge in [0.2, 0.25) is 5.91 Å². The van der Waals surface area contributed by atoms with Crippen molar-refractivity contribution in [1.82, 2.24) is 15.1 Å². The number of morpholine rings is 1. The minimum atomic E-state index is -0.482. The predicted octanol–water partition coefficient (Wildman–Crippen LogP) is -0.0458. The van der Waals surface area contributed by atoms with Crippen molar-refractivity contribution in [3.63, 3.8) is 0 Å². The van der Waals surface area contributed by atoms with Gasteiger partial charge in [0.15, 0.2) is 0 Å². The van der Waals surface area contributed by atoms with Gasteiger partial charge in [0.1, 0.15) is 12.6 Å². The largest absolute Gasteiger partial charge is 0.375 e. The molecule has 7 heteroatoms. The molecule has 2 atom stereocenters. The molecule has 0 unspecified atom stereocenters. The molecule has 0 aromatic carbocycles. The van der Waals surface area contributed by atoms with E-state index >= 15 is 0 Å². The normalized spacial score (nSPS) is 26.9. The fourth-order valence-electron chi connectivity index (χ4n) is 2.49. The molecular weight excluding hydrogens is 262 g/mol. The Labute approximate surface area is 118 Å². The van der Waals surface area contributed by atoms with Gasteiger partial charge in [-0.15, -0.1) is 0 Å². The Morgan fingerprint density at radius 2 is 2.20 bits per heavy atom. The summed E-state index contributed by atoms with van der Waals surface area (Å²) in [4.78, 5) is 38.6. The van der Waals surface area contributed by atoms with Crippen LogP contribution in [-0.4, -0.2) is 66.0 Å². The van der Waals surface area contributed by atoms with Gasteiger partial charge in [0.25, 0.3) is 5.91 Å². The third-order valence-corrected chi connectivity index (χ3v) is 3.57. The minimum Gasteiger partial charge on any atom is -0.375 e. The monoisotopic (exact) mass is 283 g/mol. The van der Waals surface area contributed by atoms with Gasteiger partial charge in [0.05, 0.1) is 12.7 Å². The van der Waals surface area contributed by atoms with Crippen LogP contribution in [0.5, 0.6) is 0 Å². The highest BCUT2D eigenvalue weighted by atomic mass is 16.5. The lowest BCUT2D eigenvalue weighted by Crippen LogP contribution is -2.49. The molecule has 4 amide bonds. The molecule has 0 saturated carbocycles. The van der Waals surface area contributed by atoms with Crippen LogP contribution in [-0.2, 0) is 14.3 Å². The molecule has 0 bridgehead atoms. The van der Waals surface area contributed by atoms with Crippen molar-refractivity contribution in [2.24, 2.45) is 0 Å². The number of rotatable bonds is 4. The molecule has 0 aromatic heterocycles. The number of hydrogen-bond donors (Lipinski definition) is 1. The standard InChI is InChI=1S/C13H21N3O4/c1-3-4-10-12(18)16(13(19)14-10)8-11(17)15-5-6-20-9(2)7-15/h9-10H,3-8H2,1-2H3,(H,14,19)/t9-,10+/m1/s1. The van der Waals surface area contributed by atoms with Gasteiger partial charge >= 0.3 is 6.03 Å². The molecule has 0 radical (unpaired) electrons. The summed E-state index contributed by atoms with van der Waals surface area (Å²) < 4.78 is 5.37. The maximum atomic E-state index is 12.2. The Morgan fingerprint density at radius 3 is 2.85 bits per heavy atom. The second-order valence-electron chi connectivity index (χ2n) is 5.24. The zero-order valence-electron chi connectivity index (χ0n) is 11.9. The molecule has 2 fully saturated rings. The van der Waals surface area contributed by atoms with E-state index < -0.39 is 12.1 Å². The van der Waals surface area contributed by atoms with Crippen LogP contribution < -0.4 is 5.32 Å². The van der Waals surface area contributed by atoms with E-state index in [1.165, 1.54) is 0 Å². The summed E-state index contributed by atoms with van der Waals surface area (Å²) in [5.41, 5.74) is 0. The summed E-state index contributed by atoms with van der Waals surface area (Å²) in [7, 11) is 0. The lowest BCUT2D eigenvalue weighted by molar-refractivity contribution is -0.142. The SMILES string of the molecule is CCC[C@@H]1NC(=O)N(CC(=O)N2CCO[C@H](C)C2)C1=O. The van der Waals surface area contributed by atoms with Gasteiger partial charge in [0, 0.05) is 13.1 Å². The van der Waals surface area contributed by atoms with Gasteiger partial charge in [-0.3, -0.25) is 14.5 Å². The Morgan fingerprint density at radius 1 is 1.45 bits per heavy atom. The number of nitrogens with one attached hydrogen (secondary N) is 1. The first-order chi connectivity index (χ1) is 9.52. The van der Waals surface area contributed by atoms with Crippen LogP contribution >= 0.6 is 0 Å². The Bertz CT molecular complexity index is 412. The van der Waals surface area contributed by atoms with E-state index in [9.17, 15) is 14.4 Å². The molecule has 0 aromatic rings. The van der Waals surface area contributed by atoms with E-state index in [0.717, 1.165) is 11.3 Å². The number of ether oxygens (including phenoxy) is 1. The summed E-state index contributed by atoms with van der Waals surface area (Å²) in [6.07, 6.45) is 1.40. The molecule has 2 aliphatic heterocycles. The first-order valence-corrected chi connectivity index (χ1v) is 7.04. The van der Waals surface area contributed by atoms with E-state index in [1.807, 2.05) is 13.8 Å². The van der Waals surface area contributed by atoms with E-state index in [4.69, 9.17) is 4.74 Å². The number of imide groups is 1. The van der Waals surface area contributed by atoms with Gasteiger partial charge < -0.3 is 15.0 Å². The fourth-order valence-corrected chi connectivity index (χ4v) is 2.49. The number of hydrogen-bond acceptors (Lipinski definition) is 4. The van der Waals surface area contributed by atoms with Crippen LogP contribution in [0.25, 0.3) is 0 Å². The Hall–Kier alpha value is -1.63. The average Bonchev–Trinajstić information content (AvgIpc) is 2.67. The van der Waals surface area contributed by atoms with Crippen molar-refractivity contribution < 1.29 is 19.1 Å². The van der Waals surface area contributed by atoms with Crippen LogP contribution in [0.1, 0.15) is 26.7 Å². The summed E-state index contributed by atoms with van der Waals surface area (Å²) in [5, 5.41) is 2.61. The zero-order valence-corrected chi connectivity index (χ0v) is 11.9. The first-order valence-electron chi connectivity index (χ1n) is 7.04. The molecule has 0 aliphatic carbocycles. The highest BCUT2D eigenvalue weighted by molar-refractivity contribution is 6.06. The van der Waals surface area contributed by atoms with Crippen molar-refractivity contribution in [1.29, 1.82) is 0 Å². The molecule has 1 N–H and O–H groups in total. The number of urea groups is 1. The number of carbonyl (C=O) groups is 3. The summed E-state index contributed by atoms with van der Waals surface area (Å²) in [5.74, 6) is -0.507. The van der Waals surface area contributed by atoms with Gasteiger partial charge in [-0.1, -0.05) is 13.3 Å². The van der Waals surface area contributed by atoms with Gasteiger partial charge in [-0.2, -0.15) is 0 Å². The maximum Gasteiger partial charge on any atom is 0.325 e. The molecule has 2 saturated heterocycles. The summed E-state index contributed by atoms with van der Waals surface area (Å²) >= 11 is 0. The first kappa shape index (κ1) is 14.8. The van der Waals surface area contributed by atoms with Crippen LogP contribution in [0.15, 0.2) is 0 Å². The fraction of sp³-hybridized carbons (Fsp3) is 0.769. The molecule has 2 aliphatic rings. The van der Waals surface area contributed by atoms with Crippen molar-refractivity contribution in [2.45, 2.75) is 38.8 Å². The predicted molar refractivity (Wildman–Crippen MR) is 70.9 cm³/mol. The average molecular weight is 283 g/mol. The number of amides is 4. The van der Waals surface area contributed by atoms with E-state index in [-0.39, 0.29) is 24.5 Å². The lowest BCUT2D eigenvalue weighted by atomic mass is 10.2. The van der Waals surface area contributed by atoms with Gasteiger partial charge in [-0.25, -0.2) is 4.79 Å². The Balaban J connectivity index is 1.93. The molecule has 7 nitrogen and oxygen atoms in total. The maximum absolute atomic E-state index is 12.2. The molecular formula is C13H21N3O4. The number of nitrogens with zero attached hydrogens (tertiary/aromatic N) is 2. The van der Waals surface area contributed by atoms with E-state index in [1.54, 1.807) is 4.90 Å². The van der Waals surface area contributed by atoms with Crippen molar-refractivity contribution in [3.05, 3.63) is 0 Å². The quantitative estimate of drug-likeness (QED) is 0.734. The van der Waals surface area contributed by atoms with Crippen LogP contribution in [0, 0.1) is 0 Å². The molecule has 2 heterocycles. The summed E-state index contributed by atoms with van der Waals surface area (Å²) in [6, 6.07) is -0.952. The van der Waals surface area contributed by atoms with Crippen molar-refractivity contribution in [3.8, 4) is 0 Å². The minimum absolute atomic E-state index is 0.0105. The zero-order chi connectivity index (χ0) is 14.7. The molecule has 0 spiro atoms. The second-order valence-corrected chi connectivity index (χ2v) is 5.24. The lowest BCUT2D eigenvalue weighted by Gasteiger charge is -2.31. The highest BCUT2D eigenvalue weighted by Crippen LogP contribution is 2.12. The second kappa shape index (κ2) is 6.21. The number of carbonyl (C=O) groups excluding carboxylic acids is 3. The third kappa shape index (κ3) is 3.09.